The van der Waals surface area contributed by atoms with Crippen LogP contribution in [0.3, 0.4) is 0 Å². The summed E-state index contributed by atoms with van der Waals surface area (Å²) in [6, 6.07) is 11.7. The number of hydrogen-bond donors (Lipinski definition) is 1. The van der Waals surface area contributed by atoms with Gasteiger partial charge in [0.2, 0.25) is 0 Å². The first-order valence-corrected chi connectivity index (χ1v) is 9.95. The van der Waals surface area contributed by atoms with Crippen LogP contribution in [0.15, 0.2) is 68.8 Å². The van der Waals surface area contributed by atoms with Gasteiger partial charge in [0.1, 0.15) is 0 Å². The average Bonchev–Trinajstić information content (AvgIpc) is 2.93. The molecule has 0 fully saturated rings. The first-order valence-electron chi connectivity index (χ1n) is 8.06. The Labute approximate surface area is 160 Å². The molecule has 0 saturated heterocycles. The maximum absolute atomic E-state index is 11.6. The Morgan fingerprint density at radius 2 is 1.89 bits per heavy atom. The molecule has 1 atom stereocenters. The molecule has 0 aliphatic carbocycles. The van der Waals surface area contributed by atoms with Crippen molar-refractivity contribution in [1.29, 1.82) is 5.41 Å². The van der Waals surface area contributed by atoms with E-state index in [1.54, 1.807) is 19.1 Å². The molecule has 10 nitrogen and oxygen atoms in total. The van der Waals surface area contributed by atoms with Crippen molar-refractivity contribution in [3.05, 3.63) is 58.6 Å². The number of nitro benzene ring substituents is 1. The van der Waals surface area contributed by atoms with Crippen LogP contribution in [0.5, 0.6) is 0 Å². The Morgan fingerprint density at radius 3 is 2.50 bits per heavy atom. The number of nitrogens with one attached hydrogen (secondary N) is 1. The summed E-state index contributed by atoms with van der Waals surface area (Å²) >= 11 is 0. The number of nitrogens with zero attached hydrogens (tertiary/aromatic N) is 5. The first kappa shape index (κ1) is 19.3. The van der Waals surface area contributed by atoms with Gasteiger partial charge in [-0.2, -0.15) is 10.2 Å². The van der Waals surface area contributed by atoms with E-state index in [-0.39, 0.29) is 16.4 Å². The highest BCUT2D eigenvalue weighted by Crippen LogP contribution is 2.31. The number of hydrogen-bond acceptors (Lipinski definition) is 8. The Hall–Kier alpha value is -3.47. The van der Waals surface area contributed by atoms with Crippen LogP contribution in [-0.2, 0) is 9.84 Å². The van der Waals surface area contributed by atoms with E-state index in [9.17, 15) is 18.5 Å². The number of amidine groups is 1. The molecular weight excluding hydrogens is 384 g/mol. The molecule has 0 saturated carbocycles. The lowest BCUT2D eigenvalue weighted by molar-refractivity contribution is -0.384. The molecule has 1 aliphatic heterocycles. The van der Waals surface area contributed by atoms with Crippen LogP contribution in [-0.4, -0.2) is 37.2 Å². The second-order valence-electron chi connectivity index (χ2n) is 6.07. The monoisotopic (exact) mass is 400 g/mol. The molecule has 1 aliphatic rings. The number of rotatable bonds is 5. The lowest BCUT2D eigenvalue weighted by Gasteiger charge is -2.14. The van der Waals surface area contributed by atoms with Crippen molar-refractivity contribution in [1.82, 2.24) is 0 Å². The molecule has 0 aromatic heterocycles. The molecule has 11 heteroatoms. The number of benzene rings is 2. The van der Waals surface area contributed by atoms with Crippen molar-refractivity contribution in [3.63, 3.8) is 0 Å². The summed E-state index contributed by atoms with van der Waals surface area (Å²) in [5.74, 6) is 0.0582. The molecule has 1 unspecified atom stereocenters. The number of hydrazone groups is 1. The molecule has 0 radical (unpaired) electrons. The van der Waals surface area contributed by atoms with E-state index < -0.39 is 26.5 Å². The SMILES string of the molecule is CC1=NN(c2ccccc2)C(=N)C1N=Nc1ccc(S(C)(=O)=O)cc1[N+](=O)[O-]. The van der Waals surface area contributed by atoms with Crippen molar-refractivity contribution in [2.24, 2.45) is 15.3 Å². The molecule has 0 bridgehead atoms. The minimum Gasteiger partial charge on any atom is -0.284 e. The van der Waals surface area contributed by atoms with Gasteiger partial charge in [0, 0.05) is 12.3 Å². The Kier molecular flexibility index (Phi) is 5.01. The second kappa shape index (κ2) is 7.27. The van der Waals surface area contributed by atoms with Crippen molar-refractivity contribution in [3.8, 4) is 0 Å². The Bertz CT molecular complexity index is 1110. The van der Waals surface area contributed by atoms with Crippen LogP contribution in [0.1, 0.15) is 6.92 Å². The van der Waals surface area contributed by atoms with Crippen molar-refractivity contribution in [2.45, 2.75) is 17.9 Å². The zero-order valence-corrected chi connectivity index (χ0v) is 15.8. The highest BCUT2D eigenvalue weighted by molar-refractivity contribution is 7.90. The highest BCUT2D eigenvalue weighted by Gasteiger charge is 2.31. The molecule has 0 amide bonds. The van der Waals surface area contributed by atoms with E-state index in [2.05, 4.69) is 15.3 Å². The third kappa shape index (κ3) is 3.78. The van der Waals surface area contributed by atoms with Crippen LogP contribution in [0, 0.1) is 15.5 Å². The predicted octanol–water partition coefficient (Wildman–Crippen LogP) is 3.32. The Balaban J connectivity index is 1.91. The molecule has 28 heavy (non-hydrogen) atoms. The normalized spacial score (nSPS) is 17.2. The molecule has 2 aromatic carbocycles. The quantitative estimate of drug-likeness (QED) is 0.465. The van der Waals surface area contributed by atoms with Gasteiger partial charge in [0.05, 0.1) is 21.2 Å². The maximum Gasteiger partial charge on any atom is 0.298 e. The molecule has 3 rings (SSSR count). The maximum atomic E-state index is 11.6. The summed E-state index contributed by atoms with van der Waals surface area (Å²) in [7, 11) is -3.60. The van der Waals surface area contributed by atoms with Gasteiger partial charge in [-0.25, -0.2) is 13.4 Å². The minimum absolute atomic E-state index is 0.0582. The summed E-state index contributed by atoms with van der Waals surface area (Å²) in [6.07, 6.45) is 0.963. The molecule has 1 N–H and O–H groups in total. The second-order valence-corrected chi connectivity index (χ2v) is 8.09. The summed E-state index contributed by atoms with van der Waals surface area (Å²) in [4.78, 5) is 10.4. The summed E-state index contributed by atoms with van der Waals surface area (Å²) in [6.45, 7) is 1.68. The van der Waals surface area contributed by atoms with Gasteiger partial charge in [0.15, 0.2) is 27.4 Å². The van der Waals surface area contributed by atoms with E-state index in [1.807, 2.05) is 18.2 Å². The van der Waals surface area contributed by atoms with E-state index >= 15 is 0 Å². The number of anilines is 1. The fourth-order valence-electron chi connectivity index (χ4n) is 2.57. The number of para-hydroxylation sites is 1. The minimum atomic E-state index is -3.60. The topological polar surface area (TPSA) is 141 Å². The number of nitro groups is 1. The highest BCUT2D eigenvalue weighted by atomic mass is 32.2. The van der Waals surface area contributed by atoms with Gasteiger partial charge in [-0.1, -0.05) is 18.2 Å². The van der Waals surface area contributed by atoms with Gasteiger partial charge in [-0.15, -0.1) is 5.11 Å². The number of azo groups is 1. The fraction of sp³-hybridized carbons (Fsp3) is 0.176. The van der Waals surface area contributed by atoms with Crippen molar-refractivity contribution >= 4 is 38.4 Å². The van der Waals surface area contributed by atoms with E-state index in [1.165, 1.54) is 17.1 Å². The zero-order valence-electron chi connectivity index (χ0n) is 15.0. The van der Waals surface area contributed by atoms with Crippen LogP contribution in [0.25, 0.3) is 0 Å². The van der Waals surface area contributed by atoms with Crippen LogP contribution < -0.4 is 5.01 Å². The fourth-order valence-corrected chi connectivity index (χ4v) is 3.21. The average molecular weight is 400 g/mol. The predicted molar refractivity (Wildman–Crippen MR) is 104 cm³/mol. The summed E-state index contributed by atoms with van der Waals surface area (Å²) in [5, 5.41) is 33.2. The third-order valence-electron chi connectivity index (χ3n) is 3.99. The van der Waals surface area contributed by atoms with E-state index in [0.29, 0.717) is 11.4 Å². The standard InChI is InChI=1S/C17H16N6O4S/c1-11-16(17(18)22(21-11)12-6-4-3-5-7-12)20-19-14-9-8-13(28(2,26)27)10-15(14)23(24)25/h3-10,16,18H,1-2H3. The summed E-state index contributed by atoms with van der Waals surface area (Å²) < 4.78 is 23.2. The van der Waals surface area contributed by atoms with Crippen LogP contribution in [0.4, 0.5) is 17.1 Å². The molecular formula is C17H16N6O4S. The van der Waals surface area contributed by atoms with Gasteiger partial charge in [0.25, 0.3) is 5.69 Å². The Morgan fingerprint density at radius 1 is 1.21 bits per heavy atom. The smallest absolute Gasteiger partial charge is 0.284 e. The van der Waals surface area contributed by atoms with Gasteiger partial charge in [-0.3, -0.25) is 15.5 Å². The third-order valence-corrected chi connectivity index (χ3v) is 5.10. The molecule has 144 valence electrons. The van der Waals surface area contributed by atoms with E-state index in [0.717, 1.165) is 12.3 Å². The van der Waals surface area contributed by atoms with Crippen LogP contribution in [0.2, 0.25) is 0 Å². The zero-order chi connectivity index (χ0) is 20.5. The van der Waals surface area contributed by atoms with Gasteiger partial charge >= 0.3 is 0 Å². The lowest BCUT2D eigenvalue weighted by Crippen LogP contribution is -2.29. The van der Waals surface area contributed by atoms with E-state index in [4.69, 9.17) is 5.41 Å². The molecule has 0 spiro atoms. The summed E-state index contributed by atoms with van der Waals surface area (Å²) in [5.41, 5.74) is 0.614. The van der Waals surface area contributed by atoms with Gasteiger partial charge in [-0.05, 0) is 31.2 Å². The van der Waals surface area contributed by atoms with Crippen molar-refractivity contribution < 1.29 is 13.3 Å². The van der Waals surface area contributed by atoms with Gasteiger partial charge < -0.3 is 0 Å². The largest absolute Gasteiger partial charge is 0.298 e. The number of sulfone groups is 1. The first-order chi connectivity index (χ1) is 13.2. The lowest BCUT2D eigenvalue weighted by atomic mass is 10.2. The van der Waals surface area contributed by atoms with Crippen molar-refractivity contribution in [2.75, 3.05) is 11.3 Å². The van der Waals surface area contributed by atoms with Crippen LogP contribution >= 0.6 is 0 Å². The molecule has 1 heterocycles. The molecule has 2 aromatic rings.